The van der Waals surface area contributed by atoms with Gasteiger partial charge in [0.05, 0.1) is 27.8 Å². The number of halogens is 1. The number of alkyl carbamates (subject to hydrolysis) is 1. The minimum absolute atomic E-state index is 0.0539. The summed E-state index contributed by atoms with van der Waals surface area (Å²) in [7, 11) is 1.70. The minimum Gasteiger partial charge on any atom is -0.444 e. The van der Waals surface area contributed by atoms with Gasteiger partial charge in [-0.15, -0.1) is 0 Å². The van der Waals surface area contributed by atoms with E-state index in [4.69, 9.17) is 14.5 Å². The number of carbonyl (C=O) groups is 2. The van der Waals surface area contributed by atoms with Crippen molar-refractivity contribution in [2.45, 2.75) is 77.0 Å². The molecule has 3 heterocycles. The zero-order chi connectivity index (χ0) is 35.4. The Bertz CT molecular complexity index is 2030. The van der Waals surface area contributed by atoms with Crippen LogP contribution in [-0.2, 0) is 27.2 Å². The van der Waals surface area contributed by atoms with Gasteiger partial charge < -0.3 is 29.2 Å². The molecule has 11 nitrogen and oxygen atoms in total. The second-order valence-electron chi connectivity index (χ2n) is 14.0. The average Bonchev–Trinajstić information content (AvgIpc) is 3.61. The number of fused-ring (bicyclic) bond motifs is 2. The SMILES string of the molecule is COCCCn1c(C2CCCN(C(=O)CC(Cc3ccc(-n4c(=O)[nH]c5ccc(F)cc54)cc3)NC(=O)OC(C)(C)C)C2)nc2ccccc21. The standard InChI is InChI=1S/C38H45FN6O5/c1-38(2,3)50-37(48)40-28(21-25-12-15-29(16-13-25)45-33-22-27(39)14-17-31(33)42-36(45)47)23-34(46)43-18-7-9-26(24-43)35-41-30-10-5-6-11-32(30)44(35)19-8-20-49-4/h5-6,10-17,22,26,28H,7-9,18-21,23-24H2,1-4H3,(H,40,48)(H,42,47). The lowest BCUT2D eigenvalue weighted by atomic mass is 9.95. The van der Waals surface area contributed by atoms with Crippen LogP contribution in [0.25, 0.3) is 27.8 Å². The number of benzene rings is 3. The third-order valence-corrected chi connectivity index (χ3v) is 9.02. The van der Waals surface area contributed by atoms with E-state index in [1.165, 1.54) is 22.8 Å². The maximum absolute atomic E-state index is 14.0. The van der Waals surface area contributed by atoms with E-state index >= 15 is 0 Å². The highest BCUT2D eigenvalue weighted by Gasteiger charge is 2.30. The maximum Gasteiger partial charge on any atom is 0.407 e. The van der Waals surface area contributed by atoms with Gasteiger partial charge in [-0.25, -0.2) is 19.0 Å². The molecule has 0 radical (unpaired) electrons. The van der Waals surface area contributed by atoms with Crippen molar-refractivity contribution in [2.75, 3.05) is 26.8 Å². The average molecular weight is 685 g/mol. The molecule has 264 valence electrons. The topological polar surface area (TPSA) is 123 Å². The van der Waals surface area contributed by atoms with E-state index < -0.39 is 23.6 Å². The first-order valence-electron chi connectivity index (χ1n) is 17.2. The number of imidazole rings is 2. The Morgan fingerprint density at radius 2 is 1.86 bits per heavy atom. The summed E-state index contributed by atoms with van der Waals surface area (Å²) in [6.07, 6.45) is 2.47. The monoisotopic (exact) mass is 684 g/mol. The van der Waals surface area contributed by atoms with Crippen molar-refractivity contribution in [2.24, 2.45) is 0 Å². The highest BCUT2D eigenvalue weighted by molar-refractivity contribution is 5.79. The zero-order valence-electron chi connectivity index (χ0n) is 29.1. The molecule has 0 bridgehead atoms. The van der Waals surface area contributed by atoms with E-state index in [0.717, 1.165) is 48.2 Å². The lowest BCUT2D eigenvalue weighted by molar-refractivity contribution is -0.133. The van der Waals surface area contributed by atoms with E-state index in [1.54, 1.807) is 40.0 Å². The molecule has 0 aliphatic carbocycles. The van der Waals surface area contributed by atoms with Crippen LogP contribution in [0, 0.1) is 5.82 Å². The lowest BCUT2D eigenvalue weighted by Gasteiger charge is -2.34. The quantitative estimate of drug-likeness (QED) is 0.163. The van der Waals surface area contributed by atoms with Gasteiger partial charge in [-0.3, -0.25) is 9.36 Å². The third kappa shape index (κ3) is 8.07. The Morgan fingerprint density at radius 3 is 2.62 bits per heavy atom. The van der Waals surface area contributed by atoms with Gasteiger partial charge in [0.2, 0.25) is 5.91 Å². The molecule has 2 unspecified atom stereocenters. The smallest absolute Gasteiger partial charge is 0.407 e. The summed E-state index contributed by atoms with van der Waals surface area (Å²) in [6, 6.07) is 19.0. The fourth-order valence-corrected chi connectivity index (χ4v) is 6.81. The van der Waals surface area contributed by atoms with E-state index in [9.17, 15) is 18.8 Å². The molecule has 5 aromatic rings. The predicted octanol–water partition coefficient (Wildman–Crippen LogP) is 6.08. The van der Waals surface area contributed by atoms with Gasteiger partial charge in [0.25, 0.3) is 0 Å². The Kier molecular flexibility index (Phi) is 10.4. The Labute approximate surface area is 290 Å². The van der Waals surface area contributed by atoms with Gasteiger partial charge in [-0.1, -0.05) is 24.3 Å². The number of H-pyrrole nitrogens is 1. The molecule has 2 N–H and O–H groups in total. The van der Waals surface area contributed by atoms with E-state index in [1.807, 2.05) is 35.2 Å². The van der Waals surface area contributed by atoms with Crippen LogP contribution < -0.4 is 11.0 Å². The molecule has 12 heteroatoms. The number of likely N-dealkylation sites (tertiary alicyclic amines) is 1. The number of hydrogen-bond donors (Lipinski definition) is 2. The second kappa shape index (κ2) is 14.9. The number of methoxy groups -OCH3 is 1. The number of aromatic nitrogens is 4. The van der Waals surface area contributed by atoms with E-state index in [2.05, 4.69) is 20.9 Å². The zero-order valence-corrected chi connectivity index (χ0v) is 29.1. The molecule has 6 rings (SSSR count). The van der Waals surface area contributed by atoms with Crippen molar-refractivity contribution in [1.29, 1.82) is 0 Å². The summed E-state index contributed by atoms with van der Waals surface area (Å²) in [5.74, 6) is 0.569. The number of nitrogens with one attached hydrogen (secondary N) is 2. The molecule has 1 aliphatic rings. The molecule has 1 aliphatic heterocycles. The van der Waals surface area contributed by atoms with Crippen molar-refractivity contribution < 1.29 is 23.5 Å². The molecule has 1 fully saturated rings. The van der Waals surface area contributed by atoms with Gasteiger partial charge in [-0.05, 0) is 88.4 Å². The first-order chi connectivity index (χ1) is 24.0. The number of amides is 2. The summed E-state index contributed by atoms with van der Waals surface area (Å²) in [5.41, 5.74) is 3.32. The number of para-hydroxylation sites is 2. The van der Waals surface area contributed by atoms with Crippen LogP contribution in [0.1, 0.15) is 63.8 Å². The first-order valence-corrected chi connectivity index (χ1v) is 17.2. The fraction of sp³-hybridized carbons (Fsp3) is 0.421. The van der Waals surface area contributed by atoms with Gasteiger partial charge in [0.1, 0.15) is 17.2 Å². The maximum atomic E-state index is 14.0. The van der Waals surface area contributed by atoms with Gasteiger partial charge in [-0.2, -0.15) is 0 Å². The Balaban J connectivity index is 1.19. The summed E-state index contributed by atoms with van der Waals surface area (Å²) in [6.45, 7) is 7.98. The predicted molar refractivity (Wildman–Crippen MR) is 190 cm³/mol. The molecule has 2 atom stereocenters. The number of carbonyl (C=O) groups excluding carboxylic acids is 2. The number of aromatic amines is 1. The molecule has 1 saturated heterocycles. The van der Waals surface area contributed by atoms with Crippen molar-refractivity contribution >= 4 is 34.1 Å². The van der Waals surface area contributed by atoms with Crippen molar-refractivity contribution in [3.8, 4) is 5.69 Å². The normalized spacial score (nSPS) is 15.8. The summed E-state index contributed by atoms with van der Waals surface area (Å²) < 4.78 is 28.6. The summed E-state index contributed by atoms with van der Waals surface area (Å²) in [5, 5.41) is 2.93. The van der Waals surface area contributed by atoms with E-state index in [0.29, 0.717) is 42.8 Å². The second-order valence-corrected chi connectivity index (χ2v) is 14.0. The number of piperidine rings is 1. The highest BCUT2D eigenvalue weighted by Crippen LogP contribution is 2.30. The number of nitrogens with zero attached hydrogens (tertiary/aromatic N) is 4. The molecular weight excluding hydrogens is 639 g/mol. The van der Waals surface area contributed by atoms with Crippen molar-refractivity contribution in [3.05, 3.63) is 94.4 Å². The van der Waals surface area contributed by atoms with Crippen molar-refractivity contribution in [3.63, 3.8) is 0 Å². The highest BCUT2D eigenvalue weighted by atomic mass is 19.1. The lowest BCUT2D eigenvalue weighted by Crippen LogP contribution is -2.46. The van der Waals surface area contributed by atoms with Crippen LogP contribution >= 0.6 is 0 Å². The molecular formula is C38H45FN6O5. The summed E-state index contributed by atoms with van der Waals surface area (Å²) >= 11 is 0. The van der Waals surface area contributed by atoms with Crippen LogP contribution in [-0.4, -0.2) is 74.5 Å². The van der Waals surface area contributed by atoms with Gasteiger partial charge >= 0.3 is 11.8 Å². The Morgan fingerprint density at radius 1 is 1.08 bits per heavy atom. The molecule has 0 saturated carbocycles. The van der Waals surface area contributed by atoms with Crippen LogP contribution in [0.5, 0.6) is 0 Å². The molecule has 50 heavy (non-hydrogen) atoms. The van der Waals surface area contributed by atoms with Crippen LogP contribution in [0.4, 0.5) is 9.18 Å². The molecule has 3 aromatic carbocycles. The van der Waals surface area contributed by atoms with Gasteiger partial charge in [0.15, 0.2) is 0 Å². The minimum atomic E-state index is -0.707. The van der Waals surface area contributed by atoms with Gasteiger partial charge in [0, 0.05) is 57.8 Å². The van der Waals surface area contributed by atoms with Crippen LogP contribution in [0.15, 0.2) is 71.5 Å². The van der Waals surface area contributed by atoms with Crippen LogP contribution in [0.3, 0.4) is 0 Å². The van der Waals surface area contributed by atoms with E-state index in [-0.39, 0.29) is 23.9 Å². The molecule has 0 spiro atoms. The number of aryl methyl sites for hydroxylation is 1. The molecule has 2 amide bonds. The number of rotatable bonds is 11. The number of hydrogen-bond acceptors (Lipinski definition) is 6. The fourth-order valence-electron chi connectivity index (χ4n) is 6.81. The Hall–Kier alpha value is -4.97. The number of ether oxygens (including phenoxy) is 2. The summed E-state index contributed by atoms with van der Waals surface area (Å²) in [4.78, 5) is 49.3. The third-order valence-electron chi connectivity index (χ3n) is 9.02. The molecule has 2 aromatic heterocycles. The van der Waals surface area contributed by atoms with Crippen molar-refractivity contribution in [1.82, 2.24) is 29.3 Å². The largest absolute Gasteiger partial charge is 0.444 e. The van der Waals surface area contributed by atoms with Crippen LogP contribution in [0.2, 0.25) is 0 Å². The first kappa shape index (κ1) is 34.9.